The molecule has 0 bridgehead atoms. The highest BCUT2D eigenvalue weighted by Gasteiger charge is 2.12. The van der Waals surface area contributed by atoms with Crippen LogP contribution in [-0.4, -0.2) is 15.1 Å². The number of rotatable bonds is 5. The number of nitro benzene ring substituents is 1. The molecule has 0 aliphatic rings. The number of aryl methyl sites for hydroxylation is 2. The maximum Gasteiger partial charge on any atom is 0.269 e. The van der Waals surface area contributed by atoms with Crippen LogP contribution in [0.4, 0.5) is 5.69 Å². The molecule has 0 aliphatic heterocycles. The third-order valence-electron chi connectivity index (χ3n) is 3.49. The topological polar surface area (TPSA) is 91.3 Å². The molecule has 2 aromatic carbocycles. The van der Waals surface area contributed by atoms with Gasteiger partial charge in [-0.25, -0.2) is 0 Å². The second-order valence-corrected chi connectivity index (χ2v) is 5.37. The van der Waals surface area contributed by atoms with Gasteiger partial charge in [0.2, 0.25) is 5.82 Å². The first-order chi connectivity index (χ1) is 11.5. The van der Waals surface area contributed by atoms with E-state index in [0.29, 0.717) is 17.3 Å². The Morgan fingerprint density at radius 3 is 2.58 bits per heavy atom. The molecule has 1 aromatic heterocycles. The van der Waals surface area contributed by atoms with Crippen LogP contribution < -0.4 is 4.74 Å². The van der Waals surface area contributed by atoms with E-state index in [0.717, 1.165) is 16.9 Å². The summed E-state index contributed by atoms with van der Waals surface area (Å²) in [6.45, 7) is 4.15. The van der Waals surface area contributed by atoms with Crippen LogP contribution in [-0.2, 0) is 6.61 Å². The summed E-state index contributed by atoms with van der Waals surface area (Å²) in [6, 6.07) is 11.9. The predicted octanol–water partition coefficient (Wildman–Crippen LogP) is 3.84. The molecule has 0 saturated heterocycles. The van der Waals surface area contributed by atoms with Gasteiger partial charge in [-0.05, 0) is 37.6 Å². The van der Waals surface area contributed by atoms with Crippen molar-refractivity contribution in [3.63, 3.8) is 0 Å². The third-order valence-corrected chi connectivity index (χ3v) is 3.49. The molecule has 3 aromatic rings. The van der Waals surface area contributed by atoms with E-state index >= 15 is 0 Å². The van der Waals surface area contributed by atoms with E-state index in [-0.39, 0.29) is 12.3 Å². The van der Waals surface area contributed by atoms with Gasteiger partial charge >= 0.3 is 0 Å². The fraction of sp³-hybridized carbons (Fsp3) is 0.176. The van der Waals surface area contributed by atoms with E-state index in [1.807, 2.05) is 32.0 Å². The molecule has 0 aliphatic carbocycles. The van der Waals surface area contributed by atoms with Gasteiger partial charge in [-0.1, -0.05) is 22.9 Å². The van der Waals surface area contributed by atoms with Crippen LogP contribution in [0.3, 0.4) is 0 Å². The molecule has 0 fully saturated rings. The van der Waals surface area contributed by atoms with Crippen LogP contribution >= 0.6 is 0 Å². The molecule has 0 unspecified atom stereocenters. The lowest BCUT2D eigenvalue weighted by atomic mass is 10.1. The minimum atomic E-state index is -0.455. The van der Waals surface area contributed by atoms with Crippen molar-refractivity contribution in [1.29, 1.82) is 0 Å². The zero-order chi connectivity index (χ0) is 17.1. The smallest absolute Gasteiger partial charge is 0.269 e. The van der Waals surface area contributed by atoms with Gasteiger partial charge in [-0.15, -0.1) is 0 Å². The molecule has 122 valence electrons. The first-order valence-corrected chi connectivity index (χ1v) is 7.30. The quantitative estimate of drug-likeness (QED) is 0.523. The summed E-state index contributed by atoms with van der Waals surface area (Å²) in [7, 11) is 0. The third kappa shape index (κ3) is 3.40. The number of nitro groups is 1. The Kier molecular flexibility index (Phi) is 4.24. The minimum Gasteiger partial charge on any atom is -0.483 e. The van der Waals surface area contributed by atoms with Crippen molar-refractivity contribution >= 4 is 5.69 Å². The number of nitrogens with zero attached hydrogens (tertiary/aromatic N) is 3. The van der Waals surface area contributed by atoms with E-state index in [2.05, 4.69) is 10.1 Å². The van der Waals surface area contributed by atoms with Crippen molar-refractivity contribution in [2.24, 2.45) is 0 Å². The zero-order valence-corrected chi connectivity index (χ0v) is 13.2. The van der Waals surface area contributed by atoms with Crippen LogP contribution in [0.25, 0.3) is 11.4 Å². The highest BCUT2D eigenvalue weighted by Crippen LogP contribution is 2.22. The van der Waals surface area contributed by atoms with Crippen molar-refractivity contribution in [1.82, 2.24) is 10.1 Å². The highest BCUT2D eigenvalue weighted by molar-refractivity contribution is 5.56. The molecule has 24 heavy (non-hydrogen) atoms. The van der Waals surface area contributed by atoms with Gasteiger partial charge in [-0.2, -0.15) is 4.98 Å². The van der Waals surface area contributed by atoms with Crippen LogP contribution in [0, 0.1) is 24.0 Å². The Hall–Kier alpha value is -3.22. The molecular formula is C17H15N3O4. The van der Waals surface area contributed by atoms with Crippen molar-refractivity contribution in [3.8, 4) is 17.1 Å². The van der Waals surface area contributed by atoms with Gasteiger partial charge < -0.3 is 9.26 Å². The van der Waals surface area contributed by atoms with E-state index in [1.165, 1.54) is 12.1 Å². The Bertz CT molecular complexity index is 872. The summed E-state index contributed by atoms with van der Waals surface area (Å²) in [6.07, 6.45) is 0. The van der Waals surface area contributed by atoms with E-state index in [1.54, 1.807) is 12.1 Å². The molecule has 0 atom stereocenters. The van der Waals surface area contributed by atoms with Gasteiger partial charge in [-0.3, -0.25) is 10.1 Å². The lowest BCUT2D eigenvalue weighted by Gasteiger charge is -2.07. The van der Waals surface area contributed by atoms with Gasteiger partial charge in [0.1, 0.15) is 5.75 Å². The number of ether oxygens (including phenoxy) is 1. The molecule has 0 N–H and O–H groups in total. The summed E-state index contributed by atoms with van der Waals surface area (Å²) in [5, 5.41) is 14.5. The monoisotopic (exact) mass is 325 g/mol. The van der Waals surface area contributed by atoms with Gasteiger partial charge in [0.25, 0.3) is 11.6 Å². The Morgan fingerprint density at radius 2 is 1.92 bits per heavy atom. The molecule has 0 saturated carbocycles. The fourth-order valence-electron chi connectivity index (χ4n) is 2.26. The standard InChI is InChI=1S/C17H15N3O4/c1-11-3-8-15(12(2)9-11)23-10-16-18-17(19-24-16)13-4-6-14(7-5-13)20(21)22/h3-9H,10H2,1-2H3. The second kappa shape index (κ2) is 6.49. The van der Waals surface area contributed by atoms with Crippen molar-refractivity contribution in [2.45, 2.75) is 20.5 Å². The first-order valence-electron chi connectivity index (χ1n) is 7.30. The number of hydrogen-bond acceptors (Lipinski definition) is 6. The van der Waals surface area contributed by atoms with Crippen LogP contribution in [0.15, 0.2) is 47.0 Å². The number of benzene rings is 2. The number of aromatic nitrogens is 2. The number of hydrogen-bond donors (Lipinski definition) is 0. The highest BCUT2D eigenvalue weighted by atomic mass is 16.6. The SMILES string of the molecule is Cc1ccc(OCc2nc(-c3ccc([N+](=O)[O-])cc3)no2)c(C)c1. The normalized spacial score (nSPS) is 10.6. The molecule has 3 rings (SSSR count). The average molecular weight is 325 g/mol. The van der Waals surface area contributed by atoms with Crippen molar-refractivity contribution < 1.29 is 14.2 Å². The van der Waals surface area contributed by atoms with E-state index in [9.17, 15) is 10.1 Å². The molecule has 0 amide bonds. The maximum absolute atomic E-state index is 10.7. The molecule has 7 nitrogen and oxygen atoms in total. The lowest BCUT2D eigenvalue weighted by molar-refractivity contribution is -0.384. The van der Waals surface area contributed by atoms with Gasteiger partial charge in [0.05, 0.1) is 4.92 Å². The predicted molar refractivity (Wildman–Crippen MR) is 86.6 cm³/mol. The van der Waals surface area contributed by atoms with Gasteiger partial charge in [0, 0.05) is 17.7 Å². The zero-order valence-electron chi connectivity index (χ0n) is 13.2. The Labute approximate surface area is 138 Å². The molecule has 0 radical (unpaired) electrons. The summed E-state index contributed by atoms with van der Waals surface area (Å²) in [4.78, 5) is 14.5. The average Bonchev–Trinajstić information content (AvgIpc) is 3.03. The maximum atomic E-state index is 10.7. The largest absolute Gasteiger partial charge is 0.483 e. The van der Waals surface area contributed by atoms with Crippen LogP contribution in [0.5, 0.6) is 5.75 Å². The van der Waals surface area contributed by atoms with E-state index < -0.39 is 4.92 Å². The molecule has 0 spiro atoms. The Morgan fingerprint density at radius 1 is 1.17 bits per heavy atom. The van der Waals surface area contributed by atoms with Crippen LogP contribution in [0.1, 0.15) is 17.0 Å². The molecule has 1 heterocycles. The lowest BCUT2D eigenvalue weighted by Crippen LogP contribution is -1.97. The summed E-state index contributed by atoms with van der Waals surface area (Å²) >= 11 is 0. The number of non-ortho nitro benzene ring substituents is 1. The Balaban J connectivity index is 1.70. The minimum absolute atomic E-state index is 0.0145. The van der Waals surface area contributed by atoms with Gasteiger partial charge in [0.15, 0.2) is 6.61 Å². The summed E-state index contributed by atoms with van der Waals surface area (Å²) < 4.78 is 10.9. The van der Waals surface area contributed by atoms with Crippen molar-refractivity contribution in [3.05, 3.63) is 69.6 Å². The van der Waals surface area contributed by atoms with E-state index in [4.69, 9.17) is 9.26 Å². The summed E-state index contributed by atoms with van der Waals surface area (Å²) in [5.74, 6) is 1.46. The fourth-order valence-corrected chi connectivity index (χ4v) is 2.26. The van der Waals surface area contributed by atoms with Crippen LogP contribution in [0.2, 0.25) is 0 Å². The van der Waals surface area contributed by atoms with Crippen molar-refractivity contribution in [2.75, 3.05) is 0 Å². The first kappa shape index (κ1) is 15.7. The summed E-state index contributed by atoms with van der Waals surface area (Å²) in [5.41, 5.74) is 2.85. The molecule has 7 heteroatoms. The molecular weight excluding hydrogens is 310 g/mol. The second-order valence-electron chi connectivity index (χ2n) is 5.37.